The van der Waals surface area contributed by atoms with Crippen LogP contribution < -0.4 is 0 Å². The number of carboxylic acids is 1. The van der Waals surface area contributed by atoms with E-state index in [1.807, 2.05) is 31.4 Å². The van der Waals surface area contributed by atoms with Gasteiger partial charge in [-0.05, 0) is 50.5 Å². The van der Waals surface area contributed by atoms with Gasteiger partial charge in [-0.2, -0.15) is 0 Å². The van der Waals surface area contributed by atoms with Gasteiger partial charge in [0.05, 0.1) is 11.1 Å². The molecule has 102 valence electrons. The molecule has 0 unspecified atom stereocenters. The number of benzene rings is 1. The van der Waals surface area contributed by atoms with Crippen molar-refractivity contribution in [2.24, 2.45) is 0 Å². The number of hydrogen-bond acceptors (Lipinski definition) is 2. The van der Waals surface area contributed by atoms with Crippen LogP contribution in [0, 0.1) is 20.8 Å². The number of fused-ring (bicyclic) bond motifs is 1. The lowest BCUT2D eigenvalue weighted by molar-refractivity contribution is 0.0698. The number of hydrogen-bond donors (Lipinski definition) is 2. The van der Waals surface area contributed by atoms with E-state index in [1.54, 1.807) is 6.07 Å². The predicted octanol–water partition coefficient (Wildman–Crippen LogP) is 2.65. The van der Waals surface area contributed by atoms with Crippen LogP contribution in [0.2, 0.25) is 0 Å². The van der Waals surface area contributed by atoms with Crippen molar-refractivity contribution in [2.45, 2.75) is 33.7 Å². The minimum atomic E-state index is -0.906. The fourth-order valence-electron chi connectivity index (χ4n) is 2.59. The highest BCUT2D eigenvalue weighted by Crippen LogP contribution is 2.29. The smallest absolute Gasteiger partial charge is 0.337 e. The zero-order valence-corrected chi connectivity index (χ0v) is 11.5. The first-order valence-corrected chi connectivity index (χ1v) is 6.41. The number of aromatic carboxylic acids is 1. The number of nitrogens with zero attached hydrogens (tertiary/aromatic N) is 1. The molecule has 0 amide bonds. The molecular weight excluding hydrogens is 242 g/mol. The molecule has 0 spiro atoms. The maximum atomic E-state index is 11.5. The minimum absolute atomic E-state index is 0.104. The van der Waals surface area contributed by atoms with Gasteiger partial charge in [-0.15, -0.1) is 0 Å². The van der Waals surface area contributed by atoms with E-state index >= 15 is 0 Å². The second-order valence-corrected chi connectivity index (χ2v) is 4.95. The van der Waals surface area contributed by atoms with Gasteiger partial charge in [0, 0.05) is 24.2 Å². The highest BCUT2D eigenvalue weighted by Gasteiger charge is 2.18. The molecule has 1 aromatic heterocycles. The molecule has 0 fully saturated rings. The van der Waals surface area contributed by atoms with E-state index in [9.17, 15) is 9.90 Å². The van der Waals surface area contributed by atoms with Crippen molar-refractivity contribution in [1.29, 1.82) is 0 Å². The Labute approximate surface area is 112 Å². The van der Waals surface area contributed by atoms with E-state index in [0.717, 1.165) is 27.7 Å². The van der Waals surface area contributed by atoms with Gasteiger partial charge in [0.25, 0.3) is 0 Å². The number of aryl methyl sites for hydroxylation is 3. The first-order chi connectivity index (χ1) is 8.97. The van der Waals surface area contributed by atoms with Crippen LogP contribution >= 0.6 is 0 Å². The quantitative estimate of drug-likeness (QED) is 0.889. The van der Waals surface area contributed by atoms with Gasteiger partial charge in [0.2, 0.25) is 0 Å². The lowest BCUT2D eigenvalue weighted by Crippen LogP contribution is -2.06. The van der Waals surface area contributed by atoms with Crippen LogP contribution in [0.1, 0.15) is 33.6 Å². The molecule has 4 heteroatoms. The minimum Gasteiger partial charge on any atom is -0.478 e. The Balaban J connectivity index is 2.80. The van der Waals surface area contributed by atoms with E-state index in [2.05, 4.69) is 0 Å². The summed E-state index contributed by atoms with van der Waals surface area (Å²) in [5.41, 5.74) is 4.23. The fraction of sp³-hybridized carbons (Fsp3) is 0.400. The lowest BCUT2D eigenvalue weighted by Gasteiger charge is -2.09. The van der Waals surface area contributed by atoms with Crippen molar-refractivity contribution in [1.82, 2.24) is 4.57 Å². The molecule has 0 radical (unpaired) electrons. The highest BCUT2D eigenvalue weighted by molar-refractivity contribution is 6.04. The number of carbonyl (C=O) groups is 1. The Morgan fingerprint density at radius 1 is 1.26 bits per heavy atom. The van der Waals surface area contributed by atoms with Gasteiger partial charge < -0.3 is 14.8 Å². The normalized spacial score (nSPS) is 11.2. The summed E-state index contributed by atoms with van der Waals surface area (Å²) in [5, 5.41) is 19.4. The van der Waals surface area contributed by atoms with E-state index in [4.69, 9.17) is 5.11 Å². The Hall–Kier alpha value is -1.81. The lowest BCUT2D eigenvalue weighted by atomic mass is 10.0. The first-order valence-electron chi connectivity index (χ1n) is 6.41. The summed E-state index contributed by atoms with van der Waals surface area (Å²) in [6.45, 7) is 6.65. The maximum Gasteiger partial charge on any atom is 0.337 e. The van der Waals surface area contributed by atoms with E-state index in [0.29, 0.717) is 18.5 Å². The van der Waals surface area contributed by atoms with Crippen molar-refractivity contribution < 1.29 is 15.0 Å². The Kier molecular flexibility index (Phi) is 3.62. The maximum absolute atomic E-state index is 11.5. The van der Waals surface area contributed by atoms with Gasteiger partial charge in [0.1, 0.15) is 0 Å². The van der Waals surface area contributed by atoms with Crippen LogP contribution in [-0.2, 0) is 6.54 Å². The summed E-state index contributed by atoms with van der Waals surface area (Å²) in [7, 11) is 0. The first kappa shape index (κ1) is 13.6. The summed E-state index contributed by atoms with van der Waals surface area (Å²) in [6.07, 6.45) is 0.622. The molecule has 2 rings (SSSR count). The number of carboxylic acid groups (broad SMARTS) is 1. The third kappa shape index (κ3) is 2.24. The molecule has 0 aliphatic rings. The SMILES string of the molecule is Cc1cc(C(=O)O)c2c(c1)c(C)c(C)n2CCCO. The monoisotopic (exact) mass is 261 g/mol. The summed E-state index contributed by atoms with van der Waals surface area (Å²) < 4.78 is 2.00. The summed E-state index contributed by atoms with van der Waals surface area (Å²) in [4.78, 5) is 11.5. The van der Waals surface area contributed by atoms with Gasteiger partial charge in [-0.3, -0.25) is 0 Å². The molecule has 1 heterocycles. The van der Waals surface area contributed by atoms with Crippen LogP contribution in [-0.4, -0.2) is 27.4 Å². The second kappa shape index (κ2) is 5.05. The molecule has 0 aliphatic heterocycles. The molecule has 0 aliphatic carbocycles. The number of rotatable bonds is 4. The molecule has 2 aromatic rings. The van der Waals surface area contributed by atoms with Crippen LogP contribution in [0.4, 0.5) is 0 Å². The van der Waals surface area contributed by atoms with Crippen LogP contribution in [0.25, 0.3) is 10.9 Å². The average Bonchev–Trinajstić information content (AvgIpc) is 2.59. The second-order valence-electron chi connectivity index (χ2n) is 4.95. The standard InChI is InChI=1S/C15H19NO3/c1-9-7-12-10(2)11(3)16(5-4-6-17)14(12)13(8-9)15(18)19/h7-8,17H,4-6H2,1-3H3,(H,18,19). The summed E-state index contributed by atoms with van der Waals surface area (Å²) in [6, 6.07) is 3.73. The Morgan fingerprint density at radius 3 is 2.53 bits per heavy atom. The largest absolute Gasteiger partial charge is 0.478 e. The van der Waals surface area contributed by atoms with Crippen molar-refractivity contribution in [2.75, 3.05) is 6.61 Å². The molecule has 2 N–H and O–H groups in total. The van der Waals surface area contributed by atoms with Gasteiger partial charge >= 0.3 is 5.97 Å². The molecular formula is C15H19NO3. The molecule has 0 bridgehead atoms. The fourth-order valence-corrected chi connectivity index (χ4v) is 2.59. The topological polar surface area (TPSA) is 62.5 Å². The number of aromatic nitrogens is 1. The van der Waals surface area contributed by atoms with Crippen molar-refractivity contribution >= 4 is 16.9 Å². The third-order valence-electron chi connectivity index (χ3n) is 3.65. The van der Waals surface area contributed by atoms with Crippen LogP contribution in [0.5, 0.6) is 0 Å². The Bertz CT molecular complexity index is 641. The van der Waals surface area contributed by atoms with E-state index in [1.165, 1.54) is 0 Å². The molecule has 4 nitrogen and oxygen atoms in total. The van der Waals surface area contributed by atoms with Gasteiger partial charge in [-0.25, -0.2) is 4.79 Å². The van der Waals surface area contributed by atoms with Gasteiger partial charge in [0.15, 0.2) is 0 Å². The van der Waals surface area contributed by atoms with Crippen LogP contribution in [0.3, 0.4) is 0 Å². The van der Waals surface area contributed by atoms with Crippen LogP contribution in [0.15, 0.2) is 12.1 Å². The molecule has 0 saturated carbocycles. The molecule has 0 atom stereocenters. The summed E-state index contributed by atoms with van der Waals surface area (Å²) in [5.74, 6) is -0.906. The van der Waals surface area contributed by atoms with Gasteiger partial charge in [-0.1, -0.05) is 0 Å². The summed E-state index contributed by atoms with van der Waals surface area (Å²) >= 11 is 0. The predicted molar refractivity (Wildman–Crippen MR) is 74.8 cm³/mol. The third-order valence-corrected chi connectivity index (χ3v) is 3.65. The average molecular weight is 261 g/mol. The van der Waals surface area contributed by atoms with Crippen molar-refractivity contribution in [3.05, 3.63) is 34.5 Å². The Morgan fingerprint density at radius 2 is 1.95 bits per heavy atom. The molecule has 0 saturated heterocycles. The number of aliphatic hydroxyl groups excluding tert-OH is 1. The van der Waals surface area contributed by atoms with E-state index < -0.39 is 5.97 Å². The van der Waals surface area contributed by atoms with Crippen molar-refractivity contribution in [3.8, 4) is 0 Å². The highest BCUT2D eigenvalue weighted by atomic mass is 16.4. The molecule has 1 aromatic carbocycles. The van der Waals surface area contributed by atoms with E-state index in [-0.39, 0.29) is 6.61 Å². The zero-order valence-electron chi connectivity index (χ0n) is 11.5. The number of aliphatic hydroxyl groups is 1. The zero-order chi connectivity index (χ0) is 14.2. The van der Waals surface area contributed by atoms with Crippen molar-refractivity contribution in [3.63, 3.8) is 0 Å². The molecule has 19 heavy (non-hydrogen) atoms.